The summed E-state index contributed by atoms with van der Waals surface area (Å²) < 4.78 is 2.04. The Kier molecular flexibility index (Phi) is 3.71. The van der Waals surface area contributed by atoms with Crippen LogP contribution in [0.5, 0.6) is 0 Å². The zero-order chi connectivity index (χ0) is 19.9. The maximum atomic E-state index is 4.77. The standard InChI is InChI=1S/C25H16N5/c1-2-4-24-23(3-1)27-14-25(29-24)18-6-8-22-20(11-18)15-30(16-28-22)21-7-5-19-13-26-10-9-17(19)12-21/h1-16H/q+1. The summed E-state index contributed by atoms with van der Waals surface area (Å²) in [7, 11) is 0. The van der Waals surface area contributed by atoms with Gasteiger partial charge in [0.1, 0.15) is 11.9 Å². The van der Waals surface area contributed by atoms with E-state index in [1.165, 1.54) is 0 Å². The molecule has 0 unspecified atom stereocenters. The Balaban J connectivity index is 1.46. The lowest BCUT2D eigenvalue weighted by Crippen LogP contribution is -2.30. The first-order valence-electron chi connectivity index (χ1n) is 9.71. The molecule has 0 aliphatic rings. The van der Waals surface area contributed by atoms with Gasteiger partial charge in [-0.25, -0.2) is 9.55 Å². The number of fused-ring (bicyclic) bond motifs is 3. The Morgan fingerprint density at radius 1 is 0.667 bits per heavy atom. The first-order valence-corrected chi connectivity index (χ1v) is 9.71. The van der Waals surface area contributed by atoms with E-state index in [1.807, 2.05) is 71.9 Å². The highest BCUT2D eigenvalue weighted by atomic mass is 15.0. The van der Waals surface area contributed by atoms with Gasteiger partial charge in [0, 0.05) is 23.3 Å². The van der Waals surface area contributed by atoms with Crippen LogP contribution in [0.3, 0.4) is 0 Å². The fourth-order valence-electron chi connectivity index (χ4n) is 3.71. The normalized spacial score (nSPS) is 11.3. The van der Waals surface area contributed by atoms with E-state index in [2.05, 4.69) is 45.4 Å². The predicted octanol–water partition coefficient (Wildman–Crippen LogP) is 4.67. The Morgan fingerprint density at radius 3 is 2.57 bits per heavy atom. The van der Waals surface area contributed by atoms with Crippen molar-refractivity contribution in [3.8, 4) is 16.9 Å². The van der Waals surface area contributed by atoms with Gasteiger partial charge in [-0.3, -0.25) is 9.97 Å². The van der Waals surface area contributed by atoms with E-state index in [0.29, 0.717) is 0 Å². The molecule has 6 rings (SSSR count). The van der Waals surface area contributed by atoms with Crippen molar-refractivity contribution < 1.29 is 4.57 Å². The Bertz CT molecular complexity index is 1440. The maximum absolute atomic E-state index is 4.77. The molecule has 6 aromatic rings. The molecule has 0 saturated heterocycles. The lowest BCUT2D eigenvalue weighted by molar-refractivity contribution is -0.597. The molecule has 5 heteroatoms. The van der Waals surface area contributed by atoms with Gasteiger partial charge in [0.15, 0.2) is 5.52 Å². The van der Waals surface area contributed by atoms with E-state index in [1.54, 1.807) is 0 Å². The van der Waals surface area contributed by atoms with E-state index >= 15 is 0 Å². The molecule has 0 spiro atoms. The van der Waals surface area contributed by atoms with Crippen LogP contribution in [0.2, 0.25) is 0 Å². The number of aromatic nitrogens is 5. The summed E-state index contributed by atoms with van der Waals surface area (Å²) >= 11 is 0. The minimum atomic E-state index is 0.851. The molecule has 3 aromatic heterocycles. The molecule has 30 heavy (non-hydrogen) atoms. The third kappa shape index (κ3) is 2.84. The zero-order valence-electron chi connectivity index (χ0n) is 16.0. The topological polar surface area (TPSA) is 55.4 Å². The molecule has 5 nitrogen and oxygen atoms in total. The van der Waals surface area contributed by atoms with Crippen LogP contribution in [-0.2, 0) is 0 Å². The minimum absolute atomic E-state index is 0.851. The molecular formula is C25H16N5+. The van der Waals surface area contributed by atoms with Gasteiger partial charge in [-0.1, -0.05) is 12.1 Å². The van der Waals surface area contributed by atoms with E-state index in [-0.39, 0.29) is 0 Å². The van der Waals surface area contributed by atoms with Gasteiger partial charge in [0.2, 0.25) is 0 Å². The third-order valence-corrected chi connectivity index (χ3v) is 5.29. The summed E-state index contributed by atoms with van der Waals surface area (Å²) in [4.78, 5) is 18.1. The highest BCUT2D eigenvalue weighted by Gasteiger charge is 2.10. The SMILES string of the molecule is c1ccc2nc(-c3ccc4nc[n+](-c5ccc6cnccc6c5)cc4c3)cnc2c1. The van der Waals surface area contributed by atoms with Crippen LogP contribution in [0.1, 0.15) is 0 Å². The van der Waals surface area contributed by atoms with Crippen LogP contribution < -0.4 is 4.57 Å². The highest BCUT2D eigenvalue weighted by Crippen LogP contribution is 2.23. The number of pyridine rings is 1. The van der Waals surface area contributed by atoms with Crippen LogP contribution in [0.25, 0.3) is 49.7 Å². The molecule has 0 N–H and O–H groups in total. The molecule has 140 valence electrons. The van der Waals surface area contributed by atoms with Gasteiger partial charge in [0.05, 0.1) is 28.3 Å². The number of hydrogen-bond donors (Lipinski definition) is 0. The highest BCUT2D eigenvalue weighted by molar-refractivity contribution is 5.85. The molecule has 0 aliphatic heterocycles. The van der Waals surface area contributed by atoms with Gasteiger partial charge < -0.3 is 0 Å². The third-order valence-electron chi connectivity index (χ3n) is 5.29. The Hall–Kier alpha value is -4.25. The van der Waals surface area contributed by atoms with Gasteiger partial charge >= 0.3 is 0 Å². The smallest absolute Gasteiger partial charge is 0.264 e. The van der Waals surface area contributed by atoms with E-state index in [4.69, 9.17) is 4.98 Å². The second kappa shape index (κ2) is 6.67. The van der Waals surface area contributed by atoms with Crippen molar-refractivity contribution in [2.45, 2.75) is 0 Å². The number of para-hydroxylation sites is 2. The average molecular weight is 386 g/mol. The molecule has 0 saturated carbocycles. The maximum Gasteiger partial charge on any atom is 0.291 e. The molecule has 3 heterocycles. The molecule has 0 fully saturated rings. The van der Waals surface area contributed by atoms with Crippen LogP contribution >= 0.6 is 0 Å². The van der Waals surface area contributed by atoms with Crippen molar-refractivity contribution in [1.29, 1.82) is 0 Å². The second-order valence-corrected chi connectivity index (χ2v) is 7.21. The molecule has 0 aliphatic carbocycles. The first-order chi connectivity index (χ1) is 14.8. The average Bonchev–Trinajstić information content (AvgIpc) is 2.82. The van der Waals surface area contributed by atoms with Gasteiger partial charge in [0.25, 0.3) is 6.33 Å². The van der Waals surface area contributed by atoms with E-state index < -0.39 is 0 Å². The van der Waals surface area contributed by atoms with Crippen molar-refractivity contribution in [2.75, 3.05) is 0 Å². The first kappa shape index (κ1) is 16.7. The van der Waals surface area contributed by atoms with Crippen LogP contribution in [0, 0.1) is 0 Å². The molecule has 3 aromatic carbocycles. The number of hydrogen-bond acceptors (Lipinski definition) is 4. The lowest BCUT2D eigenvalue weighted by atomic mass is 10.1. The van der Waals surface area contributed by atoms with E-state index in [9.17, 15) is 0 Å². The second-order valence-electron chi connectivity index (χ2n) is 7.21. The summed E-state index contributed by atoms with van der Waals surface area (Å²) in [5.74, 6) is 0. The summed E-state index contributed by atoms with van der Waals surface area (Å²) in [5, 5.41) is 3.31. The lowest BCUT2D eigenvalue weighted by Gasteiger charge is -2.05. The number of benzene rings is 3. The van der Waals surface area contributed by atoms with Crippen LogP contribution in [0.4, 0.5) is 0 Å². The van der Waals surface area contributed by atoms with Gasteiger partial charge in [-0.2, -0.15) is 0 Å². The fourth-order valence-corrected chi connectivity index (χ4v) is 3.71. The largest absolute Gasteiger partial charge is 0.291 e. The molecular weight excluding hydrogens is 370 g/mol. The molecule has 0 amide bonds. The van der Waals surface area contributed by atoms with Crippen LogP contribution in [0.15, 0.2) is 97.8 Å². The molecule has 0 atom stereocenters. The van der Waals surface area contributed by atoms with Crippen molar-refractivity contribution in [1.82, 2.24) is 19.9 Å². The number of rotatable bonds is 2. The zero-order valence-corrected chi connectivity index (χ0v) is 16.0. The Morgan fingerprint density at radius 2 is 1.60 bits per heavy atom. The van der Waals surface area contributed by atoms with Crippen molar-refractivity contribution in [3.63, 3.8) is 0 Å². The summed E-state index contributed by atoms with van der Waals surface area (Å²) in [6.45, 7) is 0. The van der Waals surface area contributed by atoms with Crippen molar-refractivity contribution in [3.05, 3.63) is 97.8 Å². The predicted molar refractivity (Wildman–Crippen MR) is 117 cm³/mol. The van der Waals surface area contributed by atoms with Crippen LogP contribution in [-0.4, -0.2) is 19.9 Å². The summed E-state index contributed by atoms with van der Waals surface area (Å²) in [6, 6.07) is 22.4. The fraction of sp³-hybridized carbons (Fsp3) is 0. The number of nitrogens with zero attached hydrogens (tertiary/aromatic N) is 5. The minimum Gasteiger partial charge on any atom is -0.264 e. The van der Waals surface area contributed by atoms with Gasteiger partial charge in [-0.05, 0) is 65.0 Å². The molecule has 0 bridgehead atoms. The summed E-state index contributed by atoms with van der Waals surface area (Å²) in [5.41, 5.74) is 5.65. The van der Waals surface area contributed by atoms with Gasteiger partial charge in [-0.15, -0.1) is 0 Å². The van der Waals surface area contributed by atoms with Crippen molar-refractivity contribution in [2.24, 2.45) is 0 Å². The van der Waals surface area contributed by atoms with E-state index in [0.717, 1.165) is 49.7 Å². The van der Waals surface area contributed by atoms with Crippen molar-refractivity contribution >= 4 is 32.7 Å². The molecule has 0 radical (unpaired) electrons. The summed E-state index contributed by atoms with van der Waals surface area (Å²) in [6.07, 6.45) is 9.46. The monoisotopic (exact) mass is 386 g/mol. The quantitative estimate of drug-likeness (QED) is 0.406. The Labute approximate surface area is 172 Å².